The van der Waals surface area contributed by atoms with E-state index in [9.17, 15) is 14.4 Å². The smallest absolute Gasteiger partial charge is 0.317 e. The number of likely N-dealkylation sites (tertiary alicyclic amines) is 1. The van der Waals surface area contributed by atoms with E-state index in [0.717, 1.165) is 0 Å². The number of rotatable bonds is 6. The van der Waals surface area contributed by atoms with Gasteiger partial charge in [0.05, 0.1) is 12.5 Å². The van der Waals surface area contributed by atoms with Crippen molar-refractivity contribution in [1.29, 1.82) is 0 Å². The first-order valence-electron chi connectivity index (χ1n) is 7.35. The van der Waals surface area contributed by atoms with Crippen LogP contribution >= 0.6 is 0 Å². The number of carbonyl (C=O) groups excluding carboxylic acids is 2. The zero-order valence-electron chi connectivity index (χ0n) is 12.6. The molecule has 7 heteroatoms. The van der Waals surface area contributed by atoms with Crippen LogP contribution in [0.4, 0.5) is 4.79 Å². The van der Waals surface area contributed by atoms with Gasteiger partial charge in [-0.15, -0.1) is 0 Å². The summed E-state index contributed by atoms with van der Waals surface area (Å²) in [6.45, 7) is 5.29. The third-order valence-electron chi connectivity index (χ3n) is 3.55. The van der Waals surface area contributed by atoms with E-state index in [1.165, 1.54) is 0 Å². The minimum Gasteiger partial charge on any atom is -0.481 e. The van der Waals surface area contributed by atoms with Crippen LogP contribution in [-0.2, 0) is 14.3 Å². The van der Waals surface area contributed by atoms with Gasteiger partial charge < -0.3 is 20.1 Å². The van der Waals surface area contributed by atoms with Gasteiger partial charge in [0.15, 0.2) is 0 Å². The van der Waals surface area contributed by atoms with E-state index in [2.05, 4.69) is 5.32 Å². The lowest BCUT2D eigenvalue weighted by molar-refractivity contribution is -0.144. The molecule has 0 aromatic rings. The van der Waals surface area contributed by atoms with Gasteiger partial charge in [0, 0.05) is 26.1 Å². The molecule has 1 fully saturated rings. The molecule has 7 nitrogen and oxygen atoms in total. The zero-order valence-corrected chi connectivity index (χ0v) is 12.6. The van der Waals surface area contributed by atoms with Crippen LogP contribution in [0.2, 0.25) is 0 Å². The average molecular weight is 300 g/mol. The van der Waals surface area contributed by atoms with Crippen LogP contribution in [0.15, 0.2) is 0 Å². The molecule has 1 aliphatic rings. The molecular formula is C14H24N2O5. The standard InChI is InChI=1S/C14H24N2O5/c1-3-21-12(17)8-10(2)9-15-14(20)16-6-4-11(5-7-16)13(18)19/h10-11H,3-9H2,1-2H3,(H,15,20)(H,18,19). The first-order valence-corrected chi connectivity index (χ1v) is 7.35. The van der Waals surface area contributed by atoms with Gasteiger partial charge in [0.2, 0.25) is 0 Å². The predicted molar refractivity (Wildman–Crippen MR) is 75.7 cm³/mol. The highest BCUT2D eigenvalue weighted by Crippen LogP contribution is 2.17. The SMILES string of the molecule is CCOC(=O)CC(C)CNC(=O)N1CCC(C(=O)O)CC1. The highest BCUT2D eigenvalue weighted by molar-refractivity contribution is 5.75. The summed E-state index contributed by atoms with van der Waals surface area (Å²) in [4.78, 5) is 35.7. The van der Waals surface area contributed by atoms with Crippen molar-refractivity contribution < 1.29 is 24.2 Å². The summed E-state index contributed by atoms with van der Waals surface area (Å²) in [7, 11) is 0. The van der Waals surface area contributed by atoms with E-state index in [1.807, 2.05) is 6.92 Å². The topological polar surface area (TPSA) is 95.9 Å². The molecule has 120 valence electrons. The largest absolute Gasteiger partial charge is 0.481 e. The van der Waals surface area contributed by atoms with E-state index in [0.29, 0.717) is 39.1 Å². The Balaban J connectivity index is 2.25. The number of esters is 1. The van der Waals surface area contributed by atoms with Crippen molar-refractivity contribution in [1.82, 2.24) is 10.2 Å². The zero-order chi connectivity index (χ0) is 15.8. The number of nitrogens with one attached hydrogen (secondary N) is 1. The molecule has 0 spiro atoms. The van der Waals surface area contributed by atoms with Crippen LogP contribution in [0.1, 0.15) is 33.1 Å². The molecule has 2 amide bonds. The number of nitrogens with zero attached hydrogens (tertiary/aromatic N) is 1. The Morgan fingerprint density at radius 2 is 1.95 bits per heavy atom. The quantitative estimate of drug-likeness (QED) is 0.716. The fourth-order valence-corrected chi connectivity index (χ4v) is 2.28. The maximum atomic E-state index is 11.9. The molecule has 2 N–H and O–H groups in total. The number of carbonyl (C=O) groups is 3. The fourth-order valence-electron chi connectivity index (χ4n) is 2.28. The molecule has 1 aliphatic heterocycles. The number of hydrogen-bond donors (Lipinski definition) is 2. The number of aliphatic carboxylic acids is 1. The minimum absolute atomic E-state index is 0.00422. The number of carboxylic acid groups (broad SMARTS) is 1. The maximum Gasteiger partial charge on any atom is 0.317 e. The average Bonchev–Trinajstić information content (AvgIpc) is 2.45. The Bertz CT molecular complexity index is 378. The molecule has 0 aromatic carbocycles. The molecule has 1 rings (SSSR count). The monoisotopic (exact) mass is 300 g/mol. The predicted octanol–water partition coefficient (Wildman–Crippen LogP) is 1.08. The molecule has 0 radical (unpaired) electrons. The summed E-state index contributed by atoms with van der Waals surface area (Å²) >= 11 is 0. The molecule has 1 heterocycles. The Morgan fingerprint density at radius 3 is 2.48 bits per heavy atom. The number of carboxylic acids is 1. The van der Waals surface area contributed by atoms with E-state index in [-0.39, 0.29) is 30.3 Å². The lowest BCUT2D eigenvalue weighted by Crippen LogP contribution is -2.46. The van der Waals surface area contributed by atoms with Gasteiger partial charge in [0.1, 0.15) is 0 Å². The van der Waals surface area contributed by atoms with Crippen LogP contribution < -0.4 is 5.32 Å². The van der Waals surface area contributed by atoms with Gasteiger partial charge in [-0.1, -0.05) is 6.92 Å². The second kappa shape index (κ2) is 8.49. The van der Waals surface area contributed by atoms with Gasteiger partial charge in [0.25, 0.3) is 0 Å². The van der Waals surface area contributed by atoms with Crippen molar-refractivity contribution in [3.05, 3.63) is 0 Å². The van der Waals surface area contributed by atoms with Gasteiger partial charge in [-0.2, -0.15) is 0 Å². The van der Waals surface area contributed by atoms with Crippen molar-refractivity contribution in [2.24, 2.45) is 11.8 Å². The molecule has 1 unspecified atom stereocenters. The van der Waals surface area contributed by atoms with Crippen LogP contribution in [0, 0.1) is 11.8 Å². The minimum atomic E-state index is -0.793. The second-order valence-electron chi connectivity index (χ2n) is 5.40. The van der Waals surface area contributed by atoms with E-state index in [1.54, 1.807) is 11.8 Å². The number of amides is 2. The lowest BCUT2D eigenvalue weighted by Gasteiger charge is -2.30. The van der Waals surface area contributed by atoms with Gasteiger partial charge in [-0.25, -0.2) is 4.79 Å². The fraction of sp³-hybridized carbons (Fsp3) is 0.786. The molecular weight excluding hydrogens is 276 g/mol. The number of hydrogen-bond acceptors (Lipinski definition) is 4. The summed E-state index contributed by atoms with van der Waals surface area (Å²) in [5, 5.41) is 11.7. The van der Waals surface area contributed by atoms with Crippen molar-refractivity contribution in [3.63, 3.8) is 0 Å². The Labute approximate surface area is 124 Å². The van der Waals surface area contributed by atoms with Gasteiger partial charge in [-0.05, 0) is 25.7 Å². The van der Waals surface area contributed by atoms with Crippen LogP contribution in [0.25, 0.3) is 0 Å². The Morgan fingerprint density at radius 1 is 1.33 bits per heavy atom. The lowest BCUT2D eigenvalue weighted by atomic mass is 9.97. The van der Waals surface area contributed by atoms with Crippen molar-refractivity contribution in [2.75, 3.05) is 26.2 Å². The first kappa shape index (κ1) is 17.3. The summed E-state index contributed by atoms with van der Waals surface area (Å²) in [5.74, 6) is -1.40. The van der Waals surface area contributed by atoms with E-state index < -0.39 is 5.97 Å². The number of ether oxygens (including phenoxy) is 1. The van der Waals surface area contributed by atoms with Crippen molar-refractivity contribution >= 4 is 18.0 Å². The normalized spacial score (nSPS) is 17.1. The molecule has 0 aliphatic carbocycles. The molecule has 21 heavy (non-hydrogen) atoms. The van der Waals surface area contributed by atoms with Crippen LogP contribution in [-0.4, -0.2) is 54.2 Å². The highest BCUT2D eigenvalue weighted by Gasteiger charge is 2.27. The summed E-state index contributed by atoms with van der Waals surface area (Å²) in [6, 6.07) is -0.199. The second-order valence-corrected chi connectivity index (χ2v) is 5.40. The van der Waals surface area contributed by atoms with Gasteiger partial charge >= 0.3 is 18.0 Å². The van der Waals surface area contributed by atoms with E-state index >= 15 is 0 Å². The molecule has 0 saturated carbocycles. The third-order valence-corrected chi connectivity index (χ3v) is 3.55. The van der Waals surface area contributed by atoms with Crippen LogP contribution in [0.5, 0.6) is 0 Å². The molecule has 0 aromatic heterocycles. The number of urea groups is 1. The summed E-state index contributed by atoms with van der Waals surface area (Å²) in [6.07, 6.45) is 1.25. The molecule has 1 atom stereocenters. The maximum absolute atomic E-state index is 11.9. The van der Waals surface area contributed by atoms with Crippen molar-refractivity contribution in [3.8, 4) is 0 Å². The van der Waals surface area contributed by atoms with Crippen molar-refractivity contribution in [2.45, 2.75) is 33.1 Å². The van der Waals surface area contributed by atoms with E-state index in [4.69, 9.17) is 9.84 Å². The first-order chi connectivity index (χ1) is 9.93. The third kappa shape index (κ3) is 6.01. The Hall–Kier alpha value is -1.79. The van der Waals surface area contributed by atoms with Gasteiger partial charge in [-0.3, -0.25) is 9.59 Å². The summed E-state index contributed by atoms with van der Waals surface area (Å²) < 4.78 is 4.85. The Kier molecular flexibility index (Phi) is 6.98. The molecule has 0 bridgehead atoms. The number of piperidine rings is 1. The van der Waals surface area contributed by atoms with Crippen LogP contribution in [0.3, 0.4) is 0 Å². The highest BCUT2D eigenvalue weighted by atomic mass is 16.5. The summed E-state index contributed by atoms with van der Waals surface area (Å²) in [5.41, 5.74) is 0. The molecule has 1 saturated heterocycles.